The summed E-state index contributed by atoms with van der Waals surface area (Å²) in [5.41, 5.74) is 6.79. The number of primary amides is 1. The number of nitrogens with zero attached hydrogens (tertiary/aromatic N) is 2. The van der Waals surface area contributed by atoms with Crippen LogP contribution in [-0.2, 0) is 17.4 Å². The molecule has 4 aromatic rings. The second-order valence-electron chi connectivity index (χ2n) is 6.96. The number of halogens is 4. The molecule has 0 bridgehead atoms. The minimum absolute atomic E-state index is 0.0251. The van der Waals surface area contributed by atoms with Crippen molar-refractivity contribution < 1.29 is 22.4 Å². The Hall–Kier alpha value is -3.81. The lowest BCUT2D eigenvalue weighted by atomic mass is 9.96. The molecule has 0 spiro atoms. The molecule has 0 radical (unpaired) electrons. The fraction of sp³-hybridized carbons (Fsp3) is 0.0870. The normalized spacial score (nSPS) is 11.6. The Morgan fingerprint density at radius 3 is 2.45 bits per heavy atom. The highest BCUT2D eigenvalue weighted by Gasteiger charge is 2.32. The van der Waals surface area contributed by atoms with E-state index in [9.17, 15) is 22.4 Å². The van der Waals surface area contributed by atoms with Crippen molar-refractivity contribution in [3.63, 3.8) is 0 Å². The molecule has 156 valence electrons. The van der Waals surface area contributed by atoms with E-state index in [-0.39, 0.29) is 17.6 Å². The van der Waals surface area contributed by atoms with Crippen molar-refractivity contribution in [1.82, 2.24) is 9.97 Å². The van der Waals surface area contributed by atoms with E-state index in [1.807, 2.05) is 0 Å². The first-order chi connectivity index (χ1) is 14.7. The third-order valence-electron chi connectivity index (χ3n) is 4.79. The number of hydrogen-bond acceptors (Lipinski definition) is 3. The van der Waals surface area contributed by atoms with Crippen LogP contribution in [0.2, 0.25) is 0 Å². The zero-order valence-electron chi connectivity index (χ0n) is 15.9. The maximum atomic E-state index is 14.6. The molecule has 4 rings (SSSR count). The molecule has 0 saturated carbocycles. The number of alkyl halides is 3. The Balaban J connectivity index is 1.82. The van der Waals surface area contributed by atoms with Crippen LogP contribution >= 0.6 is 0 Å². The van der Waals surface area contributed by atoms with E-state index in [2.05, 4.69) is 9.97 Å². The van der Waals surface area contributed by atoms with E-state index >= 15 is 0 Å². The number of amides is 1. The third-order valence-corrected chi connectivity index (χ3v) is 4.79. The number of aromatic nitrogens is 2. The quantitative estimate of drug-likeness (QED) is 0.460. The van der Waals surface area contributed by atoms with E-state index in [1.165, 1.54) is 18.3 Å². The van der Waals surface area contributed by atoms with Gasteiger partial charge in [0.05, 0.1) is 6.42 Å². The van der Waals surface area contributed by atoms with Gasteiger partial charge in [-0.2, -0.15) is 13.2 Å². The molecule has 2 aromatic carbocycles. The number of fused-ring (bicyclic) bond motifs is 1. The average Bonchev–Trinajstić information content (AvgIpc) is 2.72. The molecule has 0 atom stereocenters. The third kappa shape index (κ3) is 4.23. The van der Waals surface area contributed by atoms with Crippen molar-refractivity contribution in [2.45, 2.75) is 12.6 Å². The van der Waals surface area contributed by atoms with Crippen molar-refractivity contribution in [2.75, 3.05) is 0 Å². The Morgan fingerprint density at radius 2 is 1.71 bits per heavy atom. The van der Waals surface area contributed by atoms with Gasteiger partial charge < -0.3 is 5.73 Å². The largest absolute Gasteiger partial charge is 0.433 e. The van der Waals surface area contributed by atoms with Crippen LogP contribution in [0.15, 0.2) is 66.9 Å². The molecule has 4 nitrogen and oxygen atoms in total. The van der Waals surface area contributed by atoms with Gasteiger partial charge in [-0.3, -0.25) is 4.79 Å². The van der Waals surface area contributed by atoms with Crippen molar-refractivity contribution in [2.24, 2.45) is 5.73 Å². The van der Waals surface area contributed by atoms with Crippen LogP contribution in [0, 0.1) is 5.82 Å². The number of pyridine rings is 2. The maximum absolute atomic E-state index is 14.6. The van der Waals surface area contributed by atoms with Gasteiger partial charge in [-0.1, -0.05) is 30.3 Å². The highest BCUT2D eigenvalue weighted by molar-refractivity contribution is 5.93. The molecular weight excluding hydrogens is 410 g/mol. The van der Waals surface area contributed by atoms with Gasteiger partial charge in [0.15, 0.2) is 5.65 Å². The fourth-order valence-electron chi connectivity index (χ4n) is 3.40. The zero-order chi connectivity index (χ0) is 22.2. The Bertz CT molecular complexity index is 1300. The molecule has 2 N–H and O–H groups in total. The molecule has 0 aliphatic rings. The Labute approximate surface area is 174 Å². The zero-order valence-corrected chi connectivity index (χ0v) is 15.9. The number of hydrogen-bond donors (Lipinski definition) is 1. The van der Waals surface area contributed by atoms with E-state index in [0.29, 0.717) is 27.6 Å². The van der Waals surface area contributed by atoms with Gasteiger partial charge in [0.2, 0.25) is 5.91 Å². The summed E-state index contributed by atoms with van der Waals surface area (Å²) in [6, 6.07) is 15.1. The summed E-state index contributed by atoms with van der Waals surface area (Å²) in [6.07, 6.45) is -3.19. The van der Waals surface area contributed by atoms with Crippen LogP contribution in [0.25, 0.3) is 33.3 Å². The first-order valence-corrected chi connectivity index (χ1v) is 9.23. The van der Waals surface area contributed by atoms with E-state index in [0.717, 1.165) is 6.07 Å². The molecule has 0 saturated heterocycles. The summed E-state index contributed by atoms with van der Waals surface area (Å²) < 4.78 is 53.5. The van der Waals surface area contributed by atoms with E-state index in [1.54, 1.807) is 42.5 Å². The van der Waals surface area contributed by atoms with Gasteiger partial charge in [-0.15, -0.1) is 0 Å². The van der Waals surface area contributed by atoms with Crippen molar-refractivity contribution in [1.29, 1.82) is 0 Å². The summed E-state index contributed by atoms with van der Waals surface area (Å²) in [5.74, 6) is -0.976. The number of carbonyl (C=O) groups excluding carboxylic acids is 1. The van der Waals surface area contributed by atoms with Crippen molar-refractivity contribution >= 4 is 16.9 Å². The maximum Gasteiger partial charge on any atom is 0.433 e. The Morgan fingerprint density at radius 1 is 0.935 bits per heavy atom. The first-order valence-electron chi connectivity index (χ1n) is 9.23. The summed E-state index contributed by atoms with van der Waals surface area (Å²) in [6.45, 7) is 0. The predicted octanol–water partition coefficient (Wildman–Crippen LogP) is 5.15. The molecule has 0 aliphatic carbocycles. The molecule has 2 aromatic heterocycles. The molecule has 2 heterocycles. The molecule has 31 heavy (non-hydrogen) atoms. The fourth-order valence-corrected chi connectivity index (χ4v) is 3.40. The van der Waals surface area contributed by atoms with Crippen LogP contribution in [0.3, 0.4) is 0 Å². The molecule has 1 amide bonds. The van der Waals surface area contributed by atoms with Gasteiger partial charge >= 0.3 is 6.18 Å². The van der Waals surface area contributed by atoms with Crippen LogP contribution in [0.4, 0.5) is 17.6 Å². The molecule has 0 unspecified atom stereocenters. The highest BCUT2D eigenvalue weighted by Crippen LogP contribution is 2.34. The molecular formula is C23H15F4N3O. The molecule has 0 fully saturated rings. The lowest BCUT2D eigenvalue weighted by molar-refractivity contribution is -0.141. The standard InChI is InChI=1S/C23H15F4N3O/c24-19-6-4-15(12-18(19)14-3-1-2-13(10-14)11-21(28)31)16-8-9-29-22-17(16)5-7-20(30-22)23(25,26)27/h1-10,12H,11H2,(H2,28,31). The van der Waals surface area contributed by atoms with Crippen LogP contribution in [-0.4, -0.2) is 15.9 Å². The second-order valence-corrected chi connectivity index (χ2v) is 6.96. The number of benzene rings is 2. The van der Waals surface area contributed by atoms with Crippen molar-refractivity contribution in [3.8, 4) is 22.3 Å². The summed E-state index contributed by atoms with van der Waals surface area (Å²) >= 11 is 0. The van der Waals surface area contributed by atoms with Gasteiger partial charge in [-0.05, 0) is 52.6 Å². The second kappa shape index (κ2) is 7.79. The van der Waals surface area contributed by atoms with E-state index < -0.39 is 23.6 Å². The monoisotopic (exact) mass is 425 g/mol. The molecule has 0 aliphatic heterocycles. The SMILES string of the molecule is NC(=O)Cc1cccc(-c2cc(-c3ccnc4nc(C(F)(F)F)ccc34)ccc2F)c1. The average molecular weight is 425 g/mol. The van der Waals surface area contributed by atoms with Gasteiger partial charge in [0, 0.05) is 17.1 Å². The lowest BCUT2D eigenvalue weighted by Gasteiger charge is -2.12. The minimum Gasteiger partial charge on any atom is -0.369 e. The smallest absolute Gasteiger partial charge is 0.369 e. The van der Waals surface area contributed by atoms with Crippen LogP contribution in [0.5, 0.6) is 0 Å². The molecule has 8 heteroatoms. The predicted molar refractivity (Wildman–Crippen MR) is 108 cm³/mol. The summed E-state index contributed by atoms with van der Waals surface area (Å²) in [4.78, 5) is 18.8. The Kier molecular flexibility index (Phi) is 5.14. The van der Waals surface area contributed by atoms with Gasteiger partial charge in [-0.25, -0.2) is 14.4 Å². The first kappa shape index (κ1) is 20.5. The summed E-state index contributed by atoms with van der Waals surface area (Å²) in [5, 5.41) is 0.413. The number of carbonyl (C=O) groups is 1. The topological polar surface area (TPSA) is 68.9 Å². The lowest BCUT2D eigenvalue weighted by Crippen LogP contribution is -2.13. The van der Waals surface area contributed by atoms with Gasteiger partial charge in [0.25, 0.3) is 0 Å². The minimum atomic E-state index is -4.58. The van der Waals surface area contributed by atoms with Crippen LogP contribution in [0.1, 0.15) is 11.3 Å². The number of nitrogens with two attached hydrogens (primary N) is 1. The highest BCUT2D eigenvalue weighted by atomic mass is 19.4. The van der Waals surface area contributed by atoms with Gasteiger partial charge in [0.1, 0.15) is 11.5 Å². The summed E-state index contributed by atoms with van der Waals surface area (Å²) in [7, 11) is 0. The van der Waals surface area contributed by atoms with Crippen molar-refractivity contribution in [3.05, 3.63) is 83.9 Å². The van der Waals surface area contributed by atoms with Crippen LogP contribution < -0.4 is 5.73 Å². The number of rotatable bonds is 4. The van der Waals surface area contributed by atoms with E-state index in [4.69, 9.17) is 5.73 Å².